The number of carbonyl (C=O) groups excluding carboxylic acids is 1. The fraction of sp³-hybridized carbons (Fsp3) is 0.467. The van der Waals surface area contributed by atoms with E-state index in [0.717, 1.165) is 43.4 Å². The van der Waals surface area contributed by atoms with Gasteiger partial charge in [0.2, 0.25) is 0 Å². The molecule has 6 heteroatoms. The molecule has 0 aliphatic carbocycles. The van der Waals surface area contributed by atoms with E-state index < -0.39 is 8.07 Å². The molecule has 0 unspecified atom stereocenters. The SMILES string of the molecule is CC(C)Cc1cccc2c1sc1c(-c3[c-]c4ccc([Si](C)(C)C)cc4c(C(C)(C)C)c3)nccc12.CCC(CC)C(=O)/C=C(\O)C(CC)CC.[Ir]. The molecule has 0 saturated carbocycles. The van der Waals surface area contributed by atoms with Crippen LogP contribution in [0.1, 0.15) is 99.1 Å². The minimum absolute atomic E-state index is 0. The third-order valence-electron chi connectivity index (χ3n) is 10.0. The van der Waals surface area contributed by atoms with Crippen molar-refractivity contribution < 1.29 is 30.0 Å². The van der Waals surface area contributed by atoms with E-state index >= 15 is 0 Å². The van der Waals surface area contributed by atoms with Gasteiger partial charge in [0.1, 0.15) is 0 Å². The summed E-state index contributed by atoms with van der Waals surface area (Å²) in [5, 5.41) is 16.4. The topological polar surface area (TPSA) is 50.2 Å². The molecular weight excluding hydrogens is 839 g/mol. The molecule has 0 atom stereocenters. The number of benzene rings is 3. The molecule has 0 amide bonds. The largest absolute Gasteiger partial charge is 0.512 e. The first-order chi connectivity index (χ1) is 23.5. The van der Waals surface area contributed by atoms with Gasteiger partial charge in [-0.2, -0.15) is 0 Å². The number of hydrogen-bond donors (Lipinski definition) is 1. The summed E-state index contributed by atoms with van der Waals surface area (Å²) in [4.78, 5) is 16.7. The first-order valence-corrected chi connectivity index (χ1v) is 23.1. The predicted molar refractivity (Wildman–Crippen MR) is 223 cm³/mol. The van der Waals surface area contributed by atoms with E-state index in [0.29, 0.717) is 5.92 Å². The number of allylic oxidation sites excluding steroid dienone is 2. The van der Waals surface area contributed by atoms with Gasteiger partial charge in [-0.05, 0) is 60.5 Å². The van der Waals surface area contributed by atoms with Crippen LogP contribution in [0.4, 0.5) is 0 Å². The smallest absolute Gasteiger partial charge is 0.162 e. The standard InChI is InChI=1S/C32H36NSSi.C13H24O2.Ir/c1-20(2)16-22-10-9-11-25-26-14-15-33-29(31(26)34-30(22)25)23-17-21-12-13-24(35(6,7)8)19-27(21)28(18-23)32(3,4)5;1-5-10(6-2)12(14)9-13(15)11(7-3)8-4;/h9-15,18-20H,16H2,1-8H3;9-11,14H,5-8H2,1-4H3;/q-1;;/b;12-9-;. The van der Waals surface area contributed by atoms with Crippen LogP contribution in [0.15, 0.2) is 66.6 Å². The Kier molecular flexibility index (Phi) is 15.0. The van der Waals surface area contributed by atoms with Crippen molar-refractivity contribution in [1.29, 1.82) is 0 Å². The Morgan fingerprint density at radius 3 is 2.08 bits per heavy atom. The molecule has 51 heavy (non-hydrogen) atoms. The molecule has 1 radical (unpaired) electrons. The van der Waals surface area contributed by atoms with Gasteiger partial charge in [0, 0.05) is 64.7 Å². The molecule has 0 aliphatic heterocycles. The Morgan fingerprint density at radius 1 is 0.882 bits per heavy atom. The van der Waals surface area contributed by atoms with Gasteiger partial charge < -0.3 is 5.11 Å². The summed E-state index contributed by atoms with van der Waals surface area (Å²) < 4.78 is 2.68. The Balaban J connectivity index is 0.000000374. The zero-order valence-electron chi connectivity index (χ0n) is 33.1. The van der Waals surface area contributed by atoms with E-state index in [-0.39, 0.29) is 48.9 Å². The molecule has 2 aromatic heterocycles. The summed E-state index contributed by atoms with van der Waals surface area (Å²) in [7, 11) is -1.41. The van der Waals surface area contributed by atoms with Crippen LogP contribution < -0.4 is 5.19 Å². The first-order valence-electron chi connectivity index (χ1n) is 18.8. The average molecular weight is 899 g/mol. The molecule has 5 rings (SSSR count). The van der Waals surface area contributed by atoms with Crippen molar-refractivity contribution in [3.63, 3.8) is 0 Å². The molecule has 2 heterocycles. The first kappa shape index (κ1) is 42.8. The number of aliphatic hydroxyl groups excluding tert-OH is 1. The van der Waals surface area contributed by atoms with E-state index in [4.69, 9.17) is 4.98 Å². The van der Waals surface area contributed by atoms with Crippen LogP contribution in [0.5, 0.6) is 0 Å². The molecule has 0 saturated heterocycles. The third kappa shape index (κ3) is 10.1. The van der Waals surface area contributed by atoms with Crippen molar-refractivity contribution in [1.82, 2.24) is 4.98 Å². The monoisotopic (exact) mass is 899 g/mol. The van der Waals surface area contributed by atoms with Gasteiger partial charge in [-0.15, -0.1) is 40.5 Å². The Hall–Kier alpha value is -2.63. The number of pyridine rings is 1. The van der Waals surface area contributed by atoms with Crippen molar-refractivity contribution in [3.8, 4) is 11.3 Å². The number of fused-ring (bicyclic) bond motifs is 4. The van der Waals surface area contributed by atoms with Crippen LogP contribution in [0.25, 0.3) is 42.2 Å². The van der Waals surface area contributed by atoms with Gasteiger partial charge in [0.05, 0.1) is 13.8 Å². The molecule has 0 spiro atoms. The number of nitrogens with zero attached hydrogens (tertiary/aromatic N) is 1. The fourth-order valence-electron chi connectivity index (χ4n) is 6.85. The second kappa shape index (κ2) is 17.9. The zero-order chi connectivity index (χ0) is 37.0. The van der Waals surface area contributed by atoms with Crippen LogP contribution in [0.2, 0.25) is 19.6 Å². The van der Waals surface area contributed by atoms with Crippen molar-refractivity contribution in [2.45, 2.75) is 119 Å². The molecule has 0 fully saturated rings. The average Bonchev–Trinajstić information content (AvgIpc) is 3.44. The van der Waals surface area contributed by atoms with Crippen LogP contribution >= 0.6 is 11.3 Å². The van der Waals surface area contributed by atoms with Crippen LogP contribution in [-0.2, 0) is 36.7 Å². The van der Waals surface area contributed by atoms with E-state index in [1.807, 2.05) is 45.2 Å². The summed E-state index contributed by atoms with van der Waals surface area (Å²) in [5.74, 6) is 1.18. The van der Waals surface area contributed by atoms with E-state index in [1.54, 1.807) is 0 Å². The van der Waals surface area contributed by atoms with Gasteiger partial charge in [-0.1, -0.05) is 128 Å². The summed E-state index contributed by atoms with van der Waals surface area (Å²) in [6, 6.07) is 22.1. The van der Waals surface area contributed by atoms with Crippen molar-refractivity contribution >= 4 is 61.3 Å². The third-order valence-corrected chi connectivity index (χ3v) is 13.3. The summed E-state index contributed by atoms with van der Waals surface area (Å²) >= 11 is 1.90. The molecular formula is C45H60IrNO2SSi-. The number of carbonyl (C=O) groups is 1. The fourth-order valence-corrected chi connectivity index (χ4v) is 9.33. The quantitative estimate of drug-likeness (QED) is 0.0622. The normalized spacial score (nSPS) is 12.6. The Morgan fingerprint density at radius 2 is 1.51 bits per heavy atom. The maximum atomic E-state index is 11.7. The minimum Gasteiger partial charge on any atom is -0.512 e. The minimum atomic E-state index is -1.41. The van der Waals surface area contributed by atoms with Crippen LogP contribution in [0, 0.1) is 23.8 Å². The van der Waals surface area contributed by atoms with Gasteiger partial charge in [-0.25, -0.2) is 0 Å². The molecule has 3 aromatic carbocycles. The predicted octanol–water partition coefficient (Wildman–Crippen LogP) is 13.0. The van der Waals surface area contributed by atoms with Gasteiger partial charge in [0.15, 0.2) is 5.78 Å². The van der Waals surface area contributed by atoms with E-state index in [1.165, 1.54) is 53.3 Å². The molecule has 0 aliphatic rings. The molecule has 5 aromatic rings. The van der Waals surface area contributed by atoms with E-state index in [2.05, 4.69) is 109 Å². The number of hydrogen-bond acceptors (Lipinski definition) is 4. The number of aromatic nitrogens is 1. The van der Waals surface area contributed by atoms with Gasteiger partial charge in [-0.3, -0.25) is 9.78 Å². The second-order valence-corrected chi connectivity index (χ2v) is 22.5. The molecule has 277 valence electrons. The number of ketones is 1. The summed E-state index contributed by atoms with van der Waals surface area (Å²) in [6.07, 6.45) is 7.98. The van der Waals surface area contributed by atoms with Crippen LogP contribution in [0.3, 0.4) is 0 Å². The molecule has 3 nitrogen and oxygen atoms in total. The van der Waals surface area contributed by atoms with Crippen molar-refractivity contribution in [3.05, 3.63) is 83.8 Å². The maximum Gasteiger partial charge on any atom is 0.162 e. The second-order valence-electron chi connectivity index (χ2n) is 16.4. The Labute approximate surface area is 326 Å². The Bertz CT molecular complexity index is 1970. The molecule has 1 N–H and O–H groups in total. The van der Waals surface area contributed by atoms with Crippen molar-refractivity contribution in [2.24, 2.45) is 17.8 Å². The number of aliphatic hydroxyl groups is 1. The number of rotatable bonds is 11. The van der Waals surface area contributed by atoms with E-state index in [9.17, 15) is 9.90 Å². The zero-order valence-corrected chi connectivity index (χ0v) is 37.3. The van der Waals surface area contributed by atoms with Crippen LogP contribution in [-0.4, -0.2) is 23.9 Å². The molecule has 0 bridgehead atoms. The summed E-state index contributed by atoms with van der Waals surface area (Å²) in [6.45, 7) is 26.9. The maximum absolute atomic E-state index is 11.7. The van der Waals surface area contributed by atoms with Crippen molar-refractivity contribution in [2.75, 3.05) is 0 Å². The number of thiophene rings is 1. The van der Waals surface area contributed by atoms with Gasteiger partial charge >= 0.3 is 0 Å². The summed E-state index contributed by atoms with van der Waals surface area (Å²) in [5.41, 5.74) is 5.01. The van der Waals surface area contributed by atoms with Gasteiger partial charge in [0.25, 0.3) is 0 Å².